The highest BCUT2D eigenvalue weighted by Gasteiger charge is 2.03. The van der Waals surface area contributed by atoms with E-state index in [0.29, 0.717) is 24.8 Å². The summed E-state index contributed by atoms with van der Waals surface area (Å²) in [6.45, 7) is 8.78. The van der Waals surface area contributed by atoms with Crippen molar-refractivity contribution in [3.05, 3.63) is 29.6 Å². The molecule has 0 aromatic heterocycles. The van der Waals surface area contributed by atoms with Crippen LogP contribution in [0.2, 0.25) is 0 Å². The molecule has 0 amide bonds. The second-order valence-electron chi connectivity index (χ2n) is 5.73. The lowest BCUT2D eigenvalue weighted by molar-refractivity contribution is 0.303. The van der Waals surface area contributed by atoms with Gasteiger partial charge < -0.3 is 10.1 Å². The highest BCUT2D eigenvalue weighted by atomic mass is 19.1. The third kappa shape index (κ3) is 7.49. The first kappa shape index (κ1) is 17.0. The molecule has 114 valence electrons. The van der Waals surface area contributed by atoms with Crippen molar-refractivity contribution in [3.8, 4) is 5.75 Å². The molecule has 0 heterocycles. The van der Waals surface area contributed by atoms with Gasteiger partial charge in [-0.2, -0.15) is 0 Å². The number of unbranched alkanes of at least 4 members (excludes halogenated alkanes) is 3. The van der Waals surface area contributed by atoms with Gasteiger partial charge in [-0.25, -0.2) is 4.39 Å². The molecule has 20 heavy (non-hydrogen) atoms. The van der Waals surface area contributed by atoms with Crippen LogP contribution in [-0.2, 0) is 6.54 Å². The van der Waals surface area contributed by atoms with Crippen LogP contribution in [0.5, 0.6) is 5.75 Å². The SMILES string of the molecule is CCCCCCOc1cc(F)cc(CNCC(C)C)c1. The van der Waals surface area contributed by atoms with Gasteiger partial charge in [0, 0.05) is 12.6 Å². The molecule has 0 spiro atoms. The smallest absolute Gasteiger partial charge is 0.127 e. The molecule has 0 aliphatic rings. The van der Waals surface area contributed by atoms with Crippen LogP contribution in [0.3, 0.4) is 0 Å². The standard InChI is InChI=1S/C17H28FNO/c1-4-5-6-7-8-20-17-10-15(9-16(18)11-17)13-19-12-14(2)3/h9-11,14,19H,4-8,12-13H2,1-3H3. The van der Waals surface area contributed by atoms with Crippen LogP contribution in [0.25, 0.3) is 0 Å². The van der Waals surface area contributed by atoms with Gasteiger partial charge in [-0.1, -0.05) is 40.0 Å². The fourth-order valence-corrected chi connectivity index (χ4v) is 2.03. The van der Waals surface area contributed by atoms with Gasteiger partial charge in [-0.15, -0.1) is 0 Å². The van der Waals surface area contributed by atoms with Crippen molar-refractivity contribution in [3.63, 3.8) is 0 Å². The monoisotopic (exact) mass is 281 g/mol. The van der Waals surface area contributed by atoms with E-state index < -0.39 is 0 Å². The maximum Gasteiger partial charge on any atom is 0.127 e. The molecular formula is C17H28FNO. The fourth-order valence-electron chi connectivity index (χ4n) is 2.03. The second kappa shape index (κ2) is 9.76. The summed E-state index contributed by atoms with van der Waals surface area (Å²) in [6, 6.07) is 4.96. The normalized spacial score (nSPS) is 11.1. The lowest BCUT2D eigenvalue weighted by atomic mass is 10.2. The zero-order valence-electron chi connectivity index (χ0n) is 13.0. The van der Waals surface area contributed by atoms with E-state index in [-0.39, 0.29) is 5.82 Å². The minimum Gasteiger partial charge on any atom is -0.493 e. The molecule has 0 aliphatic heterocycles. The Hall–Kier alpha value is -1.09. The molecule has 0 aliphatic carbocycles. The highest BCUT2D eigenvalue weighted by molar-refractivity contribution is 5.29. The van der Waals surface area contributed by atoms with Gasteiger partial charge in [0.1, 0.15) is 11.6 Å². The summed E-state index contributed by atoms with van der Waals surface area (Å²) in [5, 5.41) is 3.32. The van der Waals surface area contributed by atoms with Crippen LogP contribution in [-0.4, -0.2) is 13.2 Å². The molecule has 0 saturated heterocycles. The number of hydrogen-bond donors (Lipinski definition) is 1. The summed E-state index contributed by atoms with van der Waals surface area (Å²) < 4.78 is 19.2. The Morgan fingerprint density at radius 2 is 1.95 bits per heavy atom. The summed E-state index contributed by atoms with van der Waals surface area (Å²) >= 11 is 0. The zero-order valence-corrected chi connectivity index (χ0v) is 13.0. The minimum atomic E-state index is -0.225. The van der Waals surface area contributed by atoms with Gasteiger partial charge >= 0.3 is 0 Å². The van der Waals surface area contributed by atoms with Gasteiger partial charge in [0.15, 0.2) is 0 Å². The van der Waals surface area contributed by atoms with E-state index in [1.165, 1.54) is 25.3 Å². The number of ether oxygens (including phenoxy) is 1. The maximum atomic E-state index is 13.5. The average molecular weight is 281 g/mol. The van der Waals surface area contributed by atoms with E-state index in [4.69, 9.17) is 4.74 Å². The molecule has 0 atom stereocenters. The Morgan fingerprint density at radius 3 is 2.65 bits per heavy atom. The van der Waals surface area contributed by atoms with Crippen LogP contribution >= 0.6 is 0 Å². The molecule has 0 radical (unpaired) electrons. The molecular weight excluding hydrogens is 253 g/mol. The maximum absolute atomic E-state index is 13.5. The van der Waals surface area contributed by atoms with E-state index in [0.717, 1.165) is 18.5 Å². The molecule has 0 fully saturated rings. The largest absolute Gasteiger partial charge is 0.493 e. The Labute approximate surface area is 122 Å². The molecule has 0 saturated carbocycles. The van der Waals surface area contributed by atoms with E-state index in [1.54, 1.807) is 6.07 Å². The highest BCUT2D eigenvalue weighted by Crippen LogP contribution is 2.17. The molecule has 1 N–H and O–H groups in total. The summed E-state index contributed by atoms with van der Waals surface area (Å²) in [5.41, 5.74) is 0.939. The first-order valence-electron chi connectivity index (χ1n) is 7.74. The fraction of sp³-hybridized carbons (Fsp3) is 0.647. The Morgan fingerprint density at radius 1 is 1.15 bits per heavy atom. The summed E-state index contributed by atoms with van der Waals surface area (Å²) in [4.78, 5) is 0. The molecule has 1 aromatic rings. The summed E-state index contributed by atoms with van der Waals surface area (Å²) in [5.74, 6) is 1.01. The predicted molar refractivity (Wildman–Crippen MR) is 82.6 cm³/mol. The third-order valence-electron chi connectivity index (χ3n) is 3.08. The molecule has 1 rings (SSSR count). The Bertz CT molecular complexity index is 379. The van der Waals surface area contributed by atoms with Crippen LogP contribution in [0.1, 0.15) is 52.0 Å². The minimum absolute atomic E-state index is 0.225. The number of benzene rings is 1. The Kier molecular flexibility index (Phi) is 8.28. The van der Waals surface area contributed by atoms with Gasteiger partial charge in [-0.05, 0) is 36.6 Å². The van der Waals surface area contributed by atoms with Crippen molar-refractivity contribution in [1.29, 1.82) is 0 Å². The molecule has 0 unspecified atom stereocenters. The van der Waals surface area contributed by atoms with Gasteiger partial charge in [0.25, 0.3) is 0 Å². The lowest BCUT2D eigenvalue weighted by Gasteiger charge is -2.10. The number of halogens is 1. The van der Waals surface area contributed by atoms with Crippen LogP contribution in [0.4, 0.5) is 4.39 Å². The predicted octanol–water partition coefficient (Wildman–Crippen LogP) is 4.53. The van der Waals surface area contributed by atoms with Gasteiger partial charge in [0.05, 0.1) is 6.61 Å². The summed E-state index contributed by atoms with van der Waals surface area (Å²) in [6.07, 6.45) is 4.66. The lowest BCUT2D eigenvalue weighted by Crippen LogP contribution is -2.19. The number of rotatable bonds is 10. The molecule has 3 heteroatoms. The molecule has 0 bridgehead atoms. The van der Waals surface area contributed by atoms with Gasteiger partial charge in [-0.3, -0.25) is 0 Å². The van der Waals surface area contributed by atoms with Gasteiger partial charge in [0.2, 0.25) is 0 Å². The number of hydrogen-bond acceptors (Lipinski definition) is 2. The van der Waals surface area contributed by atoms with Crippen molar-refractivity contribution in [1.82, 2.24) is 5.32 Å². The van der Waals surface area contributed by atoms with E-state index in [1.807, 2.05) is 6.07 Å². The second-order valence-corrected chi connectivity index (χ2v) is 5.73. The Balaban J connectivity index is 2.40. The quantitative estimate of drug-likeness (QED) is 0.636. The first-order valence-corrected chi connectivity index (χ1v) is 7.74. The zero-order chi connectivity index (χ0) is 14.8. The van der Waals surface area contributed by atoms with E-state index in [9.17, 15) is 4.39 Å². The average Bonchev–Trinajstić information content (AvgIpc) is 2.37. The van der Waals surface area contributed by atoms with E-state index >= 15 is 0 Å². The van der Waals surface area contributed by atoms with Crippen molar-refractivity contribution in [2.24, 2.45) is 5.92 Å². The summed E-state index contributed by atoms with van der Waals surface area (Å²) in [7, 11) is 0. The van der Waals surface area contributed by atoms with Crippen LogP contribution < -0.4 is 10.1 Å². The van der Waals surface area contributed by atoms with Crippen LogP contribution in [0, 0.1) is 11.7 Å². The van der Waals surface area contributed by atoms with Crippen LogP contribution in [0.15, 0.2) is 18.2 Å². The number of nitrogens with one attached hydrogen (secondary N) is 1. The van der Waals surface area contributed by atoms with Crippen molar-refractivity contribution < 1.29 is 9.13 Å². The first-order chi connectivity index (χ1) is 9.61. The third-order valence-corrected chi connectivity index (χ3v) is 3.08. The molecule has 2 nitrogen and oxygen atoms in total. The van der Waals surface area contributed by atoms with Crippen molar-refractivity contribution in [2.75, 3.05) is 13.2 Å². The molecule has 1 aromatic carbocycles. The topological polar surface area (TPSA) is 21.3 Å². The van der Waals surface area contributed by atoms with Crippen molar-refractivity contribution >= 4 is 0 Å². The van der Waals surface area contributed by atoms with Crippen molar-refractivity contribution in [2.45, 2.75) is 53.0 Å². The van der Waals surface area contributed by atoms with E-state index in [2.05, 4.69) is 26.1 Å².